The lowest BCUT2D eigenvalue weighted by Crippen LogP contribution is -2.40. The third kappa shape index (κ3) is 52.0. The molecule has 6 aromatic rings. The minimum absolute atomic E-state index is 0.0179. The third-order valence-corrected chi connectivity index (χ3v) is 21.9. The van der Waals surface area contributed by atoms with Crippen LogP contribution in [0.1, 0.15) is 271 Å². The molecule has 0 aliphatic heterocycles. The van der Waals surface area contributed by atoms with Crippen molar-refractivity contribution in [1.82, 2.24) is 29.4 Å². The number of ether oxygens (including phenoxy) is 12. The van der Waals surface area contributed by atoms with Crippen LogP contribution in [0, 0.1) is 35.5 Å². The van der Waals surface area contributed by atoms with Gasteiger partial charge in [-0.05, 0) is 289 Å². The SMILES string of the molecule is CCCCOc1cc(C(=O)OC[C@H](CC(C)C)N(C)C)ccc1O.CCCCOc1cc(O)ccc1C(=O)OC[C@H](CC(C)C)N(C)C.CCCOc1cc(C(=O)OC[C@H](CC(C)C)N(C)C)ccc1O.CCOc1cc(C(=O)OC[C@H](CC(C)C)N(C)C)ccc1O.CCOc1cc(O)ccc1C(=O)OC[C@H](CC(C)C)N(C)C.CCOc1cc(O)ccc1C(=O)OC[C@H](CC(C)C)N(CC)CC. The van der Waals surface area contributed by atoms with E-state index in [9.17, 15) is 59.4 Å². The van der Waals surface area contributed by atoms with Gasteiger partial charge in [-0.25, -0.2) is 28.8 Å². The average Bonchev–Trinajstić information content (AvgIpc) is 1.59. The Morgan fingerprint density at radius 2 is 0.482 bits per heavy atom. The number of hydrogen-bond acceptors (Lipinski definition) is 30. The van der Waals surface area contributed by atoms with E-state index in [2.05, 4.69) is 140 Å². The molecule has 6 N–H and O–H groups in total. The Labute approximate surface area is 832 Å². The van der Waals surface area contributed by atoms with Crippen molar-refractivity contribution in [2.45, 2.75) is 245 Å². The van der Waals surface area contributed by atoms with Gasteiger partial charge in [0, 0.05) is 54.5 Å². The largest absolute Gasteiger partial charge is 0.508 e. The molecule has 0 aliphatic carbocycles. The van der Waals surface area contributed by atoms with E-state index in [1.165, 1.54) is 84.9 Å². The van der Waals surface area contributed by atoms with Crippen LogP contribution in [0.3, 0.4) is 0 Å². The van der Waals surface area contributed by atoms with Crippen LogP contribution in [-0.2, 0) is 28.4 Å². The van der Waals surface area contributed by atoms with E-state index in [1.54, 1.807) is 24.3 Å². The van der Waals surface area contributed by atoms with E-state index in [0.717, 1.165) is 83.7 Å². The summed E-state index contributed by atoms with van der Waals surface area (Å²) in [6, 6.07) is 28.0. The van der Waals surface area contributed by atoms with Crippen LogP contribution in [0.5, 0.6) is 69.0 Å². The minimum Gasteiger partial charge on any atom is -0.508 e. The Bertz CT molecular complexity index is 4440. The molecule has 0 radical (unpaired) electrons. The second-order valence-electron chi connectivity index (χ2n) is 38.0. The predicted molar refractivity (Wildman–Crippen MR) is 551 cm³/mol. The molecule has 0 saturated heterocycles. The van der Waals surface area contributed by atoms with Crippen LogP contribution in [0.25, 0.3) is 0 Å². The summed E-state index contributed by atoms with van der Waals surface area (Å²) in [6.45, 7) is 48.3. The van der Waals surface area contributed by atoms with Gasteiger partial charge in [0.2, 0.25) is 0 Å². The Hall–Kier alpha value is -10.5. The summed E-state index contributed by atoms with van der Waals surface area (Å²) in [5.74, 6) is 2.99. The van der Waals surface area contributed by atoms with Crippen molar-refractivity contribution in [3.63, 3.8) is 0 Å². The first-order valence-electron chi connectivity index (χ1n) is 49.5. The van der Waals surface area contributed by atoms with Gasteiger partial charge in [0.05, 0.1) is 56.3 Å². The van der Waals surface area contributed by atoms with Crippen molar-refractivity contribution in [3.8, 4) is 69.0 Å². The number of rotatable bonds is 55. The number of hydrogen-bond donors (Lipinski definition) is 6. The Morgan fingerprint density at radius 3 is 0.719 bits per heavy atom. The molecule has 0 heterocycles. The van der Waals surface area contributed by atoms with Crippen molar-refractivity contribution >= 4 is 35.8 Å². The lowest BCUT2D eigenvalue weighted by Gasteiger charge is -2.30. The fourth-order valence-electron chi connectivity index (χ4n) is 14.0. The molecule has 6 aromatic carbocycles. The summed E-state index contributed by atoms with van der Waals surface area (Å²) in [6.07, 6.45) is 10.4. The highest BCUT2D eigenvalue weighted by Gasteiger charge is 2.28. The van der Waals surface area contributed by atoms with Crippen molar-refractivity contribution < 1.29 is 116 Å². The monoisotopic (exact) mass is 1950 g/mol. The van der Waals surface area contributed by atoms with Crippen molar-refractivity contribution in [1.29, 1.82) is 0 Å². The fraction of sp³-hybridized carbons (Fsp3) is 0.615. The standard InChI is InChI=1S/3C19H31NO4.C18H29NO4.2C17H27NO4/c1-6-7-10-23-18-12-16(21)8-9-17(18)19(22)24-13-15(20(4)5)11-14(2)3;1-6-7-10-23-18-12-15(8-9-17(18)21)19(22)24-13-16(20(4)5)11-14(2)3;1-6-20(7-2)15(11-14(4)5)13-24-19(22)17-10-9-16(21)12-18(17)23-8-3;1-6-9-22-17-11-14(7-8-16(17)20)18(21)23-12-15(19(4)5)10-13(2)3;1-6-21-16-10-14(19)7-8-15(16)17(20)22-11-13(18(4)5)9-12(2)3;1-6-21-16-10-13(7-8-15(16)19)17(20)22-11-14(18(4)5)9-12(2)3/h8-9,12,14-15,21H,6-7,10-11,13H2,1-5H3;8-9,12,14,16,21H,6-7,10-11,13H2,1-5H3;9-10,12,14-15,21H,6-8,11,13H2,1-5H3;7-8,11,13,15,20H,6,9-10,12H2,1-5H3;7-8,10,12-13,19H,6,9,11H2,1-5H3;7-8,10,12,14,19H,6,9,11H2,1-5H3/t15-;16-;2*15-;13-;14-/m000000/s1. The highest BCUT2D eigenvalue weighted by molar-refractivity contribution is 5.95. The number of unbranched alkanes of at least 4 members (excludes halogenated alkanes) is 2. The van der Waals surface area contributed by atoms with Crippen molar-refractivity contribution in [3.05, 3.63) is 143 Å². The Kier molecular flexibility index (Phi) is 63.9. The molecule has 139 heavy (non-hydrogen) atoms. The summed E-state index contributed by atoms with van der Waals surface area (Å²) in [5, 5.41) is 57.9. The third-order valence-electron chi connectivity index (χ3n) is 21.9. The molecule has 0 fully saturated rings. The predicted octanol–water partition coefficient (Wildman–Crippen LogP) is 20.3. The lowest BCUT2D eigenvalue weighted by molar-refractivity contribution is 0.0324. The van der Waals surface area contributed by atoms with E-state index in [1.807, 2.05) is 98.2 Å². The first kappa shape index (κ1) is 127. The topological polar surface area (TPSA) is 354 Å². The molecule has 30 heteroatoms. The van der Waals surface area contributed by atoms with Gasteiger partial charge in [-0.15, -0.1) is 0 Å². The summed E-state index contributed by atoms with van der Waals surface area (Å²) in [5.41, 5.74) is 2.19. The van der Waals surface area contributed by atoms with Crippen molar-refractivity contribution in [2.75, 3.05) is 163 Å². The average molecular weight is 1950 g/mol. The molecule has 0 aliphatic rings. The number of carbonyl (C=O) groups is 6. The van der Waals surface area contributed by atoms with Gasteiger partial charge in [-0.1, -0.05) is 131 Å². The Morgan fingerprint density at radius 1 is 0.259 bits per heavy atom. The van der Waals surface area contributed by atoms with Gasteiger partial charge in [0.15, 0.2) is 34.5 Å². The number of phenolic OH excluding ortho intramolecular Hbond substituents is 6. The van der Waals surface area contributed by atoms with Gasteiger partial charge in [0.25, 0.3) is 0 Å². The summed E-state index contributed by atoms with van der Waals surface area (Å²) >= 11 is 0. The molecule has 0 aromatic heterocycles. The van der Waals surface area contributed by atoms with E-state index in [0.29, 0.717) is 183 Å². The van der Waals surface area contributed by atoms with Crippen LogP contribution >= 0.6 is 0 Å². The number of nitrogens with zero attached hydrogens (tertiary/aromatic N) is 6. The number of esters is 6. The maximum absolute atomic E-state index is 12.4. The van der Waals surface area contributed by atoms with Gasteiger partial charge in [-0.2, -0.15) is 0 Å². The van der Waals surface area contributed by atoms with Crippen LogP contribution in [0.2, 0.25) is 0 Å². The molecule has 786 valence electrons. The van der Waals surface area contributed by atoms with Gasteiger partial charge in [-0.3, -0.25) is 4.90 Å². The Balaban J connectivity index is 0.000000834. The van der Waals surface area contributed by atoms with E-state index >= 15 is 0 Å². The highest BCUT2D eigenvalue weighted by Crippen LogP contribution is 2.34. The first-order valence-corrected chi connectivity index (χ1v) is 49.5. The zero-order chi connectivity index (χ0) is 105. The zero-order valence-electron chi connectivity index (χ0n) is 89.7. The molecular weight excluding hydrogens is 1780 g/mol. The highest BCUT2D eigenvalue weighted by atomic mass is 16.6. The van der Waals surface area contributed by atoms with Gasteiger partial charge in [0.1, 0.15) is 90.8 Å². The molecule has 30 nitrogen and oxygen atoms in total. The quantitative estimate of drug-likeness (QED) is 0.0117. The molecule has 0 spiro atoms. The van der Waals surface area contributed by atoms with E-state index in [-0.39, 0.29) is 70.7 Å². The fourth-order valence-corrected chi connectivity index (χ4v) is 14.0. The maximum Gasteiger partial charge on any atom is 0.341 e. The molecule has 0 bridgehead atoms. The maximum atomic E-state index is 12.4. The van der Waals surface area contributed by atoms with E-state index < -0.39 is 35.8 Å². The first-order chi connectivity index (χ1) is 65.6. The molecule has 0 unspecified atom stereocenters. The van der Waals surface area contributed by atoms with Gasteiger partial charge < -0.3 is 112 Å². The molecule has 6 atom stereocenters. The second-order valence-corrected chi connectivity index (χ2v) is 38.0. The van der Waals surface area contributed by atoms with Crippen LogP contribution in [0.15, 0.2) is 109 Å². The molecule has 0 amide bonds. The molecular formula is C109H176N6O24. The number of carbonyl (C=O) groups excluding carboxylic acids is 6. The number of aromatic hydroxyl groups is 6. The lowest BCUT2D eigenvalue weighted by atomic mass is 10.0. The van der Waals surface area contributed by atoms with Crippen LogP contribution in [0.4, 0.5) is 0 Å². The van der Waals surface area contributed by atoms with Crippen molar-refractivity contribution in [2.24, 2.45) is 35.5 Å². The van der Waals surface area contributed by atoms with Crippen LogP contribution in [-0.4, -0.2) is 295 Å². The zero-order valence-corrected chi connectivity index (χ0v) is 89.7. The number of phenols is 6. The number of benzene rings is 6. The smallest absolute Gasteiger partial charge is 0.341 e. The van der Waals surface area contributed by atoms with E-state index in [4.69, 9.17) is 56.8 Å². The molecule has 6 rings (SSSR count). The summed E-state index contributed by atoms with van der Waals surface area (Å²) in [4.78, 5) is 86.4. The normalized spacial score (nSPS) is 12.5. The second kappa shape index (κ2) is 70.2. The minimum atomic E-state index is -0.431. The summed E-state index contributed by atoms with van der Waals surface area (Å²) < 4.78 is 65.5. The summed E-state index contributed by atoms with van der Waals surface area (Å²) in [7, 11) is 19.8. The number of likely N-dealkylation sites (N-methyl/N-ethyl adjacent to an activating group) is 6. The molecule has 0 saturated carbocycles. The van der Waals surface area contributed by atoms with Crippen LogP contribution < -0.4 is 28.4 Å². The van der Waals surface area contributed by atoms with Gasteiger partial charge >= 0.3 is 35.8 Å².